The first-order chi connectivity index (χ1) is 19.2. The van der Waals surface area contributed by atoms with Gasteiger partial charge in [-0.05, 0) is 35.9 Å². The third-order valence-corrected chi connectivity index (χ3v) is 6.40. The number of ether oxygens (including phenoxy) is 2. The van der Waals surface area contributed by atoms with Gasteiger partial charge >= 0.3 is 0 Å². The van der Waals surface area contributed by atoms with Crippen LogP contribution in [0.4, 0.5) is 16.0 Å². The summed E-state index contributed by atoms with van der Waals surface area (Å²) in [5.41, 5.74) is 4.29. The van der Waals surface area contributed by atoms with Gasteiger partial charge in [0.1, 0.15) is 28.9 Å². The molecule has 0 fully saturated rings. The molecule has 0 saturated heterocycles. The maximum atomic E-state index is 15.3. The molecule has 3 aromatic carbocycles. The monoisotopic (exact) mass is 517 g/mol. The van der Waals surface area contributed by atoms with E-state index in [2.05, 4.69) is 10.3 Å². The maximum absolute atomic E-state index is 15.3. The van der Waals surface area contributed by atoms with E-state index in [9.17, 15) is 0 Å². The van der Waals surface area contributed by atoms with Crippen molar-refractivity contribution < 1.29 is 13.9 Å². The highest BCUT2D eigenvalue weighted by molar-refractivity contribution is 5.94. The topological polar surface area (TPSA) is 73.6 Å². The van der Waals surface area contributed by atoms with Crippen molar-refractivity contribution in [3.8, 4) is 45.1 Å². The molecule has 1 N–H and O–H groups in total. The third-order valence-electron chi connectivity index (χ3n) is 6.40. The molecule has 0 amide bonds. The highest BCUT2D eigenvalue weighted by Gasteiger charge is 2.26. The number of nitrogens with one attached hydrogen (secondary N) is 1. The van der Waals surface area contributed by atoms with Crippen LogP contribution in [0.5, 0.6) is 11.6 Å². The summed E-state index contributed by atoms with van der Waals surface area (Å²) < 4.78 is 28.3. The standard InChI is InChI=1S/C31H24FN5O2/c1-38-22-17-15-20(16-18-22)26-29(34-25-14-8-9-19-33-25)35-30-27(23-12-6-7-13-24(23)32)28(21-10-4-3-5-11-21)36-37(30)31(26)39-2/h3-19H,1-2H3,(H,33,34,35). The molecule has 0 spiro atoms. The summed E-state index contributed by atoms with van der Waals surface area (Å²) in [6, 6.07) is 29.4. The second-order valence-electron chi connectivity index (χ2n) is 8.72. The molecule has 0 radical (unpaired) electrons. The van der Waals surface area contributed by atoms with Gasteiger partial charge in [0.05, 0.1) is 25.3 Å². The number of hydrogen-bond acceptors (Lipinski definition) is 6. The fraction of sp³-hybridized carbons (Fsp3) is 0.0645. The van der Waals surface area contributed by atoms with Gasteiger partial charge < -0.3 is 14.8 Å². The first-order valence-corrected chi connectivity index (χ1v) is 12.3. The van der Waals surface area contributed by atoms with E-state index in [1.54, 1.807) is 43.1 Å². The van der Waals surface area contributed by atoms with Crippen LogP contribution >= 0.6 is 0 Å². The van der Waals surface area contributed by atoms with E-state index in [0.29, 0.717) is 45.5 Å². The molecule has 0 saturated carbocycles. The highest BCUT2D eigenvalue weighted by Crippen LogP contribution is 2.43. The molecule has 7 nitrogen and oxygen atoms in total. The number of halogens is 1. The fourth-order valence-electron chi connectivity index (χ4n) is 4.59. The Labute approximate surface area is 224 Å². The van der Waals surface area contributed by atoms with Crippen molar-refractivity contribution in [1.29, 1.82) is 0 Å². The number of hydrogen-bond donors (Lipinski definition) is 1. The number of rotatable bonds is 7. The molecular weight excluding hydrogens is 493 g/mol. The lowest BCUT2D eigenvalue weighted by Crippen LogP contribution is -2.06. The Kier molecular flexibility index (Phi) is 6.34. The van der Waals surface area contributed by atoms with E-state index in [-0.39, 0.29) is 5.82 Å². The molecule has 3 aromatic heterocycles. The zero-order valence-electron chi connectivity index (χ0n) is 21.3. The second kappa shape index (κ2) is 10.3. The normalized spacial score (nSPS) is 10.9. The Morgan fingerprint density at radius 3 is 2.18 bits per heavy atom. The van der Waals surface area contributed by atoms with E-state index in [0.717, 1.165) is 16.9 Å². The van der Waals surface area contributed by atoms with Crippen molar-refractivity contribution in [2.24, 2.45) is 0 Å². The number of nitrogens with zero attached hydrogens (tertiary/aromatic N) is 4. The van der Waals surface area contributed by atoms with Crippen molar-refractivity contribution >= 4 is 17.3 Å². The van der Waals surface area contributed by atoms with Crippen molar-refractivity contribution in [1.82, 2.24) is 19.6 Å². The van der Waals surface area contributed by atoms with Gasteiger partial charge in [0.25, 0.3) is 0 Å². The minimum Gasteiger partial charge on any atom is -0.497 e. The summed E-state index contributed by atoms with van der Waals surface area (Å²) in [6.45, 7) is 0. The molecular formula is C31H24FN5O2. The predicted molar refractivity (Wildman–Crippen MR) is 150 cm³/mol. The Morgan fingerprint density at radius 1 is 0.744 bits per heavy atom. The van der Waals surface area contributed by atoms with Crippen LogP contribution in [0.2, 0.25) is 0 Å². The molecule has 192 valence electrons. The zero-order valence-corrected chi connectivity index (χ0v) is 21.3. The molecule has 8 heteroatoms. The fourth-order valence-corrected chi connectivity index (χ4v) is 4.59. The predicted octanol–water partition coefficient (Wildman–Crippen LogP) is 7.03. The molecule has 0 atom stereocenters. The summed E-state index contributed by atoms with van der Waals surface area (Å²) >= 11 is 0. The Hall–Kier alpha value is -5.24. The van der Waals surface area contributed by atoms with Gasteiger partial charge in [-0.3, -0.25) is 0 Å². The van der Waals surface area contributed by atoms with Gasteiger partial charge in [0, 0.05) is 17.3 Å². The summed E-state index contributed by atoms with van der Waals surface area (Å²) in [5, 5.41) is 8.27. The van der Waals surface area contributed by atoms with Crippen LogP contribution in [-0.4, -0.2) is 33.8 Å². The van der Waals surface area contributed by atoms with Gasteiger partial charge in [-0.1, -0.05) is 66.7 Å². The van der Waals surface area contributed by atoms with Crippen LogP contribution in [0, 0.1) is 5.82 Å². The number of aromatic nitrogens is 4. The Balaban J connectivity index is 1.71. The number of methoxy groups -OCH3 is 2. The Morgan fingerprint density at radius 2 is 1.49 bits per heavy atom. The van der Waals surface area contributed by atoms with E-state index in [4.69, 9.17) is 19.6 Å². The summed E-state index contributed by atoms with van der Waals surface area (Å²) in [7, 11) is 3.20. The summed E-state index contributed by atoms with van der Waals surface area (Å²) in [4.78, 5) is 9.46. The molecule has 39 heavy (non-hydrogen) atoms. The molecule has 6 rings (SSSR count). The minimum atomic E-state index is -0.371. The summed E-state index contributed by atoms with van der Waals surface area (Å²) in [6.07, 6.45) is 1.70. The molecule has 3 heterocycles. The minimum absolute atomic E-state index is 0.371. The van der Waals surface area contributed by atoms with Crippen molar-refractivity contribution in [3.05, 3.63) is 109 Å². The van der Waals surface area contributed by atoms with E-state index in [1.165, 1.54) is 6.07 Å². The van der Waals surface area contributed by atoms with Gasteiger partial charge in [0.15, 0.2) is 5.65 Å². The average molecular weight is 518 g/mol. The van der Waals surface area contributed by atoms with Gasteiger partial charge in [-0.2, -0.15) is 9.61 Å². The molecule has 0 unspecified atom stereocenters. The molecule has 6 aromatic rings. The second-order valence-corrected chi connectivity index (χ2v) is 8.72. The van der Waals surface area contributed by atoms with Crippen LogP contribution in [0.25, 0.3) is 39.2 Å². The highest BCUT2D eigenvalue weighted by atomic mass is 19.1. The smallest absolute Gasteiger partial charge is 0.228 e. The maximum Gasteiger partial charge on any atom is 0.228 e. The number of benzene rings is 3. The lowest BCUT2D eigenvalue weighted by atomic mass is 10.0. The van der Waals surface area contributed by atoms with Crippen LogP contribution in [-0.2, 0) is 0 Å². The zero-order chi connectivity index (χ0) is 26.8. The van der Waals surface area contributed by atoms with E-state index >= 15 is 4.39 Å². The quantitative estimate of drug-likeness (QED) is 0.245. The number of fused-ring (bicyclic) bond motifs is 1. The van der Waals surface area contributed by atoms with Crippen LogP contribution in [0.15, 0.2) is 103 Å². The SMILES string of the molecule is COc1ccc(-c2c(Nc3ccccn3)nc3c(-c4ccccc4F)c(-c4ccccc4)nn3c2OC)cc1. The van der Waals surface area contributed by atoms with Crippen LogP contribution in [0.1, 0.15) is 0 Å². The van der Waals surface area contributed by atoms with Crippen molar-refractivity contribution in [3.63, 3.8) is 0 Å². The third kappa shape index (κ3) is 4.42. The van der Waals surface area contributed by atoms with E-state index < -0.39 is 0 Å². The van der Waals surface area contributed by atoms with Crippen molar-refractivity contribution in [2.45, 2.75) is 0 Å². The van der Waals surface area contributed by atoms with Crippen LogP contribution < -0.4 is 14.8 Å². The molecule has 0 bridgehead atoms. The first-order valence-electron chi connectivity index (χ1n) is 12.3. The lowest BCUT2D eigenvalue weighted by Gasteiger charge is -2.16. The lowest BCUT2D eigenvalue weighted by molar-refractivity contribution is 0.387. The van der Waals surface area contributed by atoms with E-state index in [1.807, 2.05) is 72.8 Å². The largest absolute Gasteiger partial charge is 0.497 e. The first kappa shape index (κ1) is 24.1. The Bertz CT molecular complexity index is 1750. The average Bonchev–Trinajstić information content (AvgIpc) is 3.36. The number of anilines is 2. The molecule has 0 aliphatic carbocycles. The summed E-state index contributed by atoms with van der Waals surface area (Å²) in [5.74, 6) is 1.87. The van der Waals surface area contributed by atoms with Gasteiger partial charge in [-0.25, -0.2) is 14.4 Å². The molecule has 0 aliphatic rings. The number of pyridine rings is 1. The van der Waals surface area contributed by atoms with Crippen molar-refractivity contribution in [2.75, 3.05) is 19.5 Å². The molecule has 0 aliphatic heterocycles. The van der Waals surface area contributed by atoms with Gasteiger partial charge in [-0.15, -0.1) is 0 Å². The van der Waals surface area contributed by atoms with Crippen LogP contribution in [0.3, 0.4) is 0 Å². The van der Waals surface area contributed by atoms with Gasteiger partial charge in [0.2, 0.25) is 5.88 Å².